The molecule has 0 aromatic rings. The van der Waals surface area contributed by atoms with Crippen LogP contribution in [0.5, 0.6) is 0 Å². The number of carbonyl (C=O) groups is 2. The zero-order valence-electron chi connectivity index (χ0n) is 10.5. The first-order chi connectivity index (χ1) is 8.16. The van der Waals surface area contributed by atoms with Crippen molar-refractivity contribution in [1.82, 2.24) is 5.32 Å². The molecule has 0 unspecified atom stereocenters. The highest BCUT2D eigenvalue weighted by Crippen LogP contribution is 1.99. The molecule has 0 aromatic carbocycles. The molecular formula is C12H23NO4. The fourth-order valence-corrected chi connectivity index (χ4v) is 1.37. The molecule has 5 heteroatoms. The first-order valence-corrected chi connectivity index (χ1v) is 6.23. The van der Waals surface area contributed by atoms with E-state index in [0.29, 0.717) is 32.6 Å². The van der Waals surface area contributed by atoms with Crippen molar-refractivity contribution in [2.75, 3.05) is 19.8 Å². The van der Waals surface area contributed by atoms with Gasteiger partial charge in [0.25, 0.3) is 0 Å². The molecule has 0 atom stereocenters. The molecule has 0 heterocycles. The van der Waals surface area contributed by atoms with Crippen molar-refractivity contribution in [1.29, 1.82) is 0 Å². The van der Waals surface area contributed by atoms with Gasteiger partial charge in [-0.1, -0.05) is 6.42 Å². The Morgan fingerprint density at radius 1 is 1.12 bits per heavy atom. The van der Waals surface area contributed by atoms with E-state index in [0.717, 1.165) is 19.3 Å². The molecule has 100 valence electrons. The third kappa shape index (κ3) is 12.8. The van der Waals surface area contributed by atoms with E-state index < -0.39 is 5.97 Å². The van der Waals surface area contributed by atoms with Gasteiger partial charge in [-0.3, -0.25) is 9.59 Å². The minimum atomic E-state index is -0.759. The summed E-state index contributed by atoms with van der Waals surface area (Å²) in [5.41, 5.74) is 0. The summed E-state index contributed by atoms with van der Waals surface area (Å²) in [5.74, 6) is -0.715. The van der Waals surface area contributed by atoms with Gasteiger partial charge in [0.05, 0.1) is 0 Å². The molecule has 2 N–H and O–H groups in total. The molecule has 0 bridgehead atoms. The van der Waals surface area contributed by atoms with Crippen LogP contribution in [0.4, 0.5) is 0 Å². The molecule has 0 saturated carbocycles. The second-order valence-corrected chi connectivity index (χ2v) is 3.85. The molecule has 0 saturated heterocycles. The van der Waals surface area contributed by atoms with E-state index in [1.807, 2.05) is 6.92 Å². The summed E-state index contributed by atoms with van der Waals surface area (Å²) in [4.78, 5) is 21.5. The maximum absolute atomic E-state index is 11.3. The standard InChI is InChI=1S/C12H23NO4/c1-2-17-10-6-7-11(14)13-9-5-3-4-8-12(15)16/h2-10H2,1H3,(H,13,14)(H,15,16). The SMILES string of the molecule is CCOCCCC(=O)NCCCCCC(=O)O. The van der Waals surface area contributed by atoms with E-state index in [1.54, 1.807) is 0 Å². The summed E-state index contributed by atoms with van der Waals surface area (Å²) in [5, 5.41) is 11.2. The van der Waals surface area contributed by atoms with Crippen LogP contribution < -0.4 is 5.32 Å². The minimum absolute atomic E-state index is 0.0444. The Morgan fingerprint density at radius 2 is 1.88 bits per heavy atom. The second-order valence-electron chi connectivity index (χ2n) is 3.85. The molecule has 1 amide bonds. The predicted octanol–water partition coefficient (Wildman–Crippen LogP) is 1.56. The molecule has 5 nitrogen and oxygen atoms in total. The smallest absolute Gasteiger partial charge is 0.303 e. The molecule has 0 aliphatic carbocycles. The van der Waals surface area contributed by atoms with Crippen LogP contribution in [0.1, 0.15) is 45.4 Å². The summed E-state index contributed by atoms with van der Waals surface area (Å²) >= 11 is 0. The fraction of sp³-hybridized carbons (Fsp3) is 0.833. The van der Waals surface area contributed by atoms with Crippen LogP contribution in [0, 0.1) is 0 Å². The van der Waals surface area contributed by atoms with Gasteiger partial charge in [0.2, 0.25) is 5.91 Å². The Bertz CT molecular complexity index is 219. The van der Waals surface area contributed by atoms with Crippen molar-refractivity contribution in [3.05, 3.63) is 0 Å². The van der Waals surface area contributed by atoms with Crippen LogP contribution in [-0.2, 0) is 14.3 Å². The van der Waals surface area contributed by atoms with E-state index >= 15 is 0 Å². The molecule has 0 aliphatic rings. The van der Waals surface area contributed by atoms with E-state index in [4.69, 9.17) is 9.84 Å². The van der Waals surface area contributed by atoms with Gasteiger partial charge in [0.1, 0.15) is 0 Å². The zero-order valence-corrected chi connectivity index (χ0v) is 10.5. The van der Waals surface area contributed by atoms with E-state index in [2.05, 4.69) is 5.32 Å². The van der Waals surface area contributed by atoms with Crippen molar-refractivity contribution in [2.45, 2.75) is 45.4 Å². The Kier molecular flexibility index (Phi) is 10.7. The largest absolute Gasteiger partial charge is 0.481 e. The number of rotatable bonds is 11. The molecular weight excluding hydrogens is 222 g/mol. The highest BCUT2D eigenvalue weighted by atomic mass is 16.5. The lowest BCUT2D eigenvalue weighted by Gasteiger charge is -2.05. The van der Waals surface area contributed by atoms with Crippen molar-refractivity contribution in [3.63, 3.8) is 0 Å². The monoisotopic (exact) mass is 245 g/mol. The van der Waals surface area contributed by atoms with Gasteiger partial charge in [-0.25, -0.2) is 0 Å². The number of aliphatic carboxylic acids is 1. The van der Waals surface area contributed by atoms with Gasteiger partial charge in [-0.2, -0.15) is 0 Å². The van der Waals surface area contributed by atoms with Crippen LogP contribution in [0.25, 0.3) is 0 Å². The molecule has 0 radical (unpaired) electrons. The first-order valence-electron chi connectivity index (χ1n) is 6.23. The lowest BCUT2D eigenvalue weighted by Crippen LogP contribution is -2.24. The Morgan fingerprint density at radius 3 is 2.53 bits per heavy atom. The molecule has 0 aromatic heterocycles. The van der Waals surface area contributed by atoms with E-state index in [1.165, 1.54) is 0 Å². The van der Waals surface area contributed by atoms with Crippen LogP contribution in [0.15, 0.2) is 0 Å². The Hall–Kier alpha value is -1.10. The molecule has 0 aliphatic heterocycles. The van der Waals surface area contributed by atoms with Crippen molar-refractivity contribution in [2.24, 2.45) is 0 Å². The van der Waals surface area contributed by atoms with Gasteiger partial charge in [0.15, 0.2) is 0 Å². The normalized spacial score (nSPS) is 10.2. The number of carbonyl (C=O) groups excluding carboxylic acids is 1. The van der Waals surface area contributed by atoms with E-state index in [-0.39, 0.29) is 12.3 Å². The van der Waals surface area contributed by atoms with Gasteiger partial charge < -0.3 is 15.2 Å². The first kappa shape index (κ1) is 15.9. The van der Waals surface area contributed by atoms with Crippen LogP contribution in [-0.4, -0.2) is 36.7 Å². The second kappa shape index (κ2) is 11.4. The predicted molar refractivity (Wildman–Crippen MR) is 64.8 cm³/mol. The lowest BCUT2D eigenvalue weighted by atomic mass is 10.2. The van der Waals surface area contributed by atoms with Gasteiger partial charge >= 0.3 is 5.97 Å². The number of hydrogen-bond donors (Lipinski definition) is 2. The summed E-state index contributed by atoms with van der Waals surface area (Å²) in [6.45, 7) is 3.87. The maximum Gasteiger partial charge on any atom is 0.303 e. The highest BCUT2D eigenvalue weighted by molar-refractivity contribution is 5.75. The maximum atomic E-state index is 11.3. The fourth-order valence-electron chi connectivity index (χ4n) is 1.37. The van der Waals surface area contributed by atoms with Gasteiger partial charge in [0, 0.05) is 32.6 Å². The van der Waals surface area contributed by atoms with Crippen LogP contribution in [0.2, 0.25) is 0 Å². The average Bonchev–Trinajstić information content (AvgIpc) is 2.29. The third-order valence-electron chi connectivity index (χ3n) is 2.29. The number of carboxylic acid groups (broad SMARTS) is 1. The number of ether oxygens (including phenoxy) is 1. The summed E-state index contributed by atoms with van der Waals surface area (Å²) in [6.07, 6.45) is 3.81. The lowest BCUT2D eigenvalue weighted by molar-refractivity contribution is -0.137. The Balaban J connectivity index is 3.19. The van der Waals surface area contributed by atoms with Crippen LogP contribution in [0.3, 0.4) is 0 Å². The van der Waals surface area contributed by atoms with Gasteiger partial charge in [-0.05, 0) is 26.2 Å². The molecule has 0 spiro atoms. The molecule has 0 rings (SSSR count). The number of carboxylic acids is 1. The third-order valence-corrected chi connectivity index (χ3v) is 2.29. The number of hydrogen-bond acceptors (Lipinski definition) is 3. The zero-order chi connectivity index (χ0) is 12.9. The number of nitrogens with one attached hydrogen (secondary N) is 1. The number of unbranched alkanes of at least 4 members (excludes halogenated alkanes) is 2. The topological polar surface area (TPSA) is 75.6 Å². The molecule has 17 heavy (non-hydrogen) atoms. The summed E-state index contributed by atoms with van der Waals surface area (Å²) in [7, 11) is 0. The quantitative estimate of drug-likeness (QED) is 0.542. The molecule has 0 fully saturated rings. The van der Waals surface area contributed by atoms with Crippen molar-refractivity contribution >= 4 is 11.9 Å². The minimum Gasteiger partial charge on any atom is -0.481 e. The highest BCUT2D eigenvalue weighted by Gasteiger charge is 2.00. The van der Waals surface area contributed by atoms with Crippen molar-refractivity contribution in [3.8, 4) is 0 Å². The summed E-state index contributed by atoms with van der Waals surface area (Å²) < 4.78 is 5.13. The van der Waals surface area contributed by atoms with Crippen molar-refractivity contribution < 1.29 is 19.4 Å². The average molecular weight is 245 g/mol. The Labute approximate surface area is 103 Å². The van der Waals surface area contributed by atoms with E-state index in [9.17, 15) is 9.59 Å². The van der Waals surface area contributed by atoms with Gasteiger partial charge in [-0.15, -0.1) is 0 Å². The number of amides is 1. The summed E-state index contributed by atoms with van der Waals surface area (Å²) in [6, 6.07) is 0. The van der Waals surface area contributed by atoms with Crippen LogP contribution >= 0.6 is 0 Å².